The van der Waals surface area contributed by atoms with E-state index in [0.29, 0.717) is 35.4 Å². The number of hydrogen-bond acceptors (Lipinski definition) is 3. The van der Waals surface area contributed by atoms with Gasteiger partial charge in [0.1, 0.15) is 5.78 Å². The van der Waals surface area contributed by atoms with Gasteiger partial charge in [-0.3, -0.25) is 4.79 Å². The Morgan fingerprint density at radius 2 is 1.64 bits per heavy atom. The van der Waals surface area contributed by atoms with Crippen LogP contribution in [0, 0.1) is 51.2 Å². The zero-order valence-electron chi connectivity index (χ0n) is 21.9. The standard InChI is InChI=1S/C30H45NO2/c1-19(2)20-10-15-30(31-18-32)17-16-28(6)21(25(20)30)8-9-23-27(5)13-12-24(33)26(3,4)22(27)11-14-29(23,28)7/h20-23,25H,1,8-17H2,2-7H3/t20?,21-,22?,23-,25?,27+,28-,29-,30?/m1/s1. The molecule has 5 fully saturated rings. The summed E-state index contributed by atoms with van der Waals surface area (Å²) >= 11 is 0. The Morgan fingerprint density at radius 1 is 0.909 bits per heavy atom. The molecule has 3 heteroatoms. The van der Waals surface area contributed by atoms with Crippen LogP contribution in [0.3, 0.4) is 0 Å². The second-order valence-corrected chi connectivity index (χ2v) is 14.1. The Morgan fingerprint density at radius 3 is 2.30 bits per heavy atom. The van der Waals surface area contributed by atoms with E-state index in [2.05, 4.69) is 53.1 Å². The summed E-state index contributed by atoms with van der Waals surface area (Å²) in [5.74, 6) is 3.16. The second-order valence-electron chi connectivity index (χ2n) is 14.1. The van der Waals surface area contributed by atoms with Gasteiger partial charge in [-0.15, -0.1) is 0 Å². The average Bonchev–Trinajstić information content (AvgIpc) is 3.12. The van der Waals surface area contributed by atoms with Crippen LogP contribution in [0.2, 0.25) is 0 Å². The fraction of sp³-hybridized carbons (Fsp3) is 0.867. The van der Waals surface area contributed by atoms with Gasteiger partial charge in [-0.1, -0.05) is 46.8 Å². The molecule has 5 aliphatic carbocycles. The van der Waals surface area contributed by atoms with E-state index in [9.17, 15) is 9.59 Å². The van der Waals surface area contributed by atoms with E-state index in [1.165, 1.54) is 37.7 Å². The molecule has 9 atom stereocenters. The van der Waals surface area contributed by atoms with Crippen LogP contribution in [-0.2, 0) is 9.59 Å². The van der Waals surface area contributed by atoms with Gasteiger partial charge in [0, 0.05) is 11.8 Å². The Labute approximate surface area is 201 Å². The third-order valence-corrected chi connectivity index (χ3v) is 13.0. The molecule has 33 heavy (non-hydrogen) atoms. The highest BCUT2D eigenvalue weighted by atomic mass is 16.1. The van der Waals surface area contributed by atoms with Crippen LogP contribution in [0.4, 0.5) is 0 Å². The van der Waals surface area contributed by atoms with E-state index in [-0.39, 0.29) is 27.2 Å². The van der Waals surface area contributed by atoms with Gasteiger partial charge in [-0.2, -0.15) is 4.99 Å². The zero-order chi connectivity index (χ0) is 24.0. The van der Waals surface area contributed by atoms with Crippen LogP contribution in [-0.4, -0.2) is 17.4 Å². The molecule has 0 heterocycles. The summed E-state index contributed by atoms with van der Waals surface area (Å²) in [5.41, 5.74) is 1.65. The summed E-state index contributed by atoms with van der Waals surface area (Å²) in [6, 6.07) is 0. The van der Waals surface area contributed by atoms with E-state index in [4.69, 9.17) is 0 Å². The molecule has 5 saturated carbocycles. The molecule has 0 spiro atoms. The average molecular weight is 452 g/mol. The third kappa shape index (κ3) is 2.78. The first-order chi connectivity index (χ1) is 15.4. The molecule has 0 aromatic rings. The van der Waals surface area contributed by atoms with Crippen molar-refractivity contribution in [1.82, 2.24) is 0 Å². The van der Waals surface area contributed by atoms with Crippen molar-refractivity contribution in [2.24, 2.45) is 56.2 Å². The Bertz CT molecular complexity index is 930. The van der Waals surface area contributed by atoms with Crippen LogP contribution < -0.4 is 0 Å². The third-order valence-electron chi connectivity index (χ3n) is 13.0. The molecule has 0 radical (unpaired) electrons. The largest absolute Gasteiger partial charge is 0.299 e. The lowest BCUT2D eigenvalue weighted by Gasteiger charge is -2.72. The number of hydrogen-bond donors (Lipinski definition) is 0. The number of isocyanates is 1. The number of ketones is 1. The number of nitrogens with zero attached hydrogens (tertiary/aromatic N) is 1. The molecule has 0 bridgehead atoms. The van der Waals surface area contributed by atoms with Crippen molar-refractivity contribution in [3.63, 3.8) is 0 Å². The molecule has 0 aromatic heterocycles. The minimum absolute atomic E-state index is 0.191. The van der Waals surface area contributed by atoms with Crippen molar-refractivity contribution in [2.75, 3.05) is 0 Å². The molecule has 0 N–H and O–H groups in total. The lowest BCUT2D eigenvalue weighted by atomic mass is 9.32. The zero-order valence-corrected chi connectivity index (χ0v) is 21.9. The molecular formula is C30H45NO2. The molecule has 5 rings (SSSR count). The number of rotatable bonds is 2. The molecule has 0 saturated heterocycles. The van der Waals surface area contributed by atoms with Crippen molar-refractivity contribution >= 4 is 11.9 Å². The van der Waals surface area contributed by atoms with Gasteiger partial charge < -0.3 is 0 Å². The Balaban J connectivity index is 1.57. The predicted molar refractivity (Wildman–Crippen MR) is 132 cm³/mol. The van der Waals surface area contributed by atoms with E-state index < -0.39 is 0 Å². The lowest BCUT2D eigenvalue weighted by molar-refractivity contribution is -0.227. The first kappa shape index (κ1) is 23.5. The van der Waals surface area contributed by atoms with Crippen LogP contribution >= 0.6 is 0 Å². The fourth-order valence-electron chi connectivity index (χ4n) is 11.2. The Hall–Kier alpha value is -1.21. The first-order valence-corrected chi connectivity index (χ1v) is 13.7. The minimum atomic E-state index is -0.209. The van der Waals surface area contributed by atoms with Gasteiger partial charge in [0.2, 0.25) is 6.08 Å². The normalized spacial score (nSPS) is 52.5. The molecular weight excluding hydrogens is 406 g/mol. The maximum Gasteiger partial charge on any atom is 0.235 e. The number of carbonyl (C=O) groups is 1. The molecule has 4 unspecified atom stereocenters. The van der Waals surface area contributed by atoms with Gasteiger partial charge in [-0.05, 0) is 111 Å². The molecule has 0 amide bonds. The summed E-state index contributed by atoms with van der Waals surface area (Å²) in [6.07, 6.45) is 13.1. The van der Waals surface area contributed by atoms with Crippen molar-refractivity contribution in [3.8, 4) is 0 Å². The summed E-state index contributed by atoms with van der Waals surface area (Å²) in [7, 11) is 0. The first-order valence-electron chi connectivity index (χ1n) is 13.7. The van der Waals surface area contributed by atoms with Gasteiger partial charge in [0.05, 0.1) is 5.54 Å². The monoisotopic (exact) mass is 451 g/mol. The van der Waals surface area contributed by atoms with Gasteiger partial charge in [0.15, 0.2) is 0 Å². The molecule has 3 nitrogen and oxygen atoms in total. The van der Waals surface area contributed by atoms with Crippen molar-refractivity contribution in [3.05, 3.63) is 12.2 Å². The quantitative estimate of drug-likeness (QED) is 0.251. The second kappa shape index (κ2) is 7.16. The van der Waals surface area contributed by atoms with E-state index in [1.54, 1.807) is 0 Å². The van der Waals surface area contributed by atoms with E-state index in [0.717, 1.165) is 32.1 Å². The van der Waals surface area contributed by atoms with E-state index >= 15 is 0 Å². The number of aliphatic imine (C=N–C) groups is 1. The highest BCUT2D eigenvalue weighted by molar-refractivity contribution is 5.85. The maximum absolute atomic E-state index is 12.9. The number of carbonyl (C=O) groups excluding carboxylic acids is 2. The highest BCUT2D eigenvalue weighted by Gasteiger charge is 2.71. The summed E-state index contributed by atoms with van der Waals surface area (Å²) in [5, 5.41) is 0. The van der Waals surface area contributed by atoms with Crippen molar-refractivity contribution < 1.29 is 9.59 Å². The summed E-state index contributed by atoms with van der Waals surface area (Å²) in [6.45, 7) is 18.8. The van der Waals surface area contributed by atoms with Gasteiger partial charge >= 0.3 is 0 Å². The van der Waals surface area contributed by atoms with E-state index in [1.807, 2.05) is 6.08 Å². The topological polar surface area (TPSA) is 46.5 Å². The maximum atomic E-state index is 12.9. The van der Waals surface area contributed by atoms with Crippen LogP contribution in [0.15, 0.2) is 17.1 Å². The van der Waals surface area contributed by atoms with Crippen molar-refractivity contribution in [2.45, 2.75) is 111 Å². The molecule has 0 aromatic carbocycles. The smallest absolute Gasteiger partial charge is 0.235 e. The summed E-state index contributed by atoms with van der Waals surface area (Å²) in [4.78, 5) is 29.1. The number of fused-ring (bicyclic) bond motifs is 7. The van der Waals surface area contributed by atoms with Gasteiger partial charge in [-0.25, -0.2) is 4.79 Å². The molecule has 182 valence electrons. The predicted octanol–water partition coefficient (Wildman–Crippen LogP) is 7.30. The molecule has 5 aliphatic rings. The number of Topliss-reactive ketones (excluding diaryl/α,β-unsaturated/α-hetero) is 1. The van der Waals surface area contributed by atoms with Crippen LogP contribution in [0.5, 0.6) is 0 Å². The van der Waals surface area contributed by atoms with Gasteiger partial charge in [0.25, 0.3) is 0 Å². The fourth-order valence-corrected chi connectivity index (χ4v) is 11.2. The van der Waals surface area contributed by atoms with Crippen LogP contribution in [0.25, 0.3) is 0 Å². The minimum Gasteiger partial charge on any atom is -0.299 e. The Kier molecular flexibility index (Phi) is 5.10. The molecule has 0 aliphatic heterocycles. The number of allylic oxidation sites excluding steroid dienone is 1. The van der Waals surface area contributed by atoms with Crippen LogP contribution in [0.1, 0.15) is 106 Å². The lowest BCUT2D eigenvalue weighted by Crippen LogP contribution is -2.66. The SMILES string of the molecule is C=C(C)C1CCC2(N=C=O)CC[C@]3(C)[C@H](CC[C@@H]4[C@@]5(C)CCC(=O)C(C)(C)C5CC[C@]43C)C12. The highest BCUT2D eigenvalue weighted by Crippen LogP contribution is 2.76. The van der Waals surface area contributed by atoms with Crippen molar-refractivity contribution in [1.29, 1.82) is 0 Å². The summed E-state index contributed by atoms with van der Waals surface area (Å²) < 4.78 is 0.